The summed E-state index contributed by atoms with van der Waals surface area (Å²) in [5.74, 6) is 3.79. The number of hydrogen-bond acceptors (Lipinski definition) is 0. The van der Waals surface area contributed by atoms with Crippen LogP contribution in [0.5, 0.6) is 0 Å². The van der Waals surface area contributed by atoms with Gasteiger partial charge in [0.25, 0.3) is 0 Å². The lowest BCUT2D eigenvalue weighted by molar-refractivity contribution is 0.165. The molecule has 0 radical (unpaired) electrons. The molecule has 158 valence electrons. The fraction of sp³-hybridized carbons (Fsp3) is 0.467. The maximum absolute atomic E-state index is 2.44. The van der Waals surface area contributed by atoms with Crippen molar-refractivity contribution < 1.29 is 0 Å². The van der Waals surface area contributed by atoms with E-state index >= 15 is 0 Å². The van der Waals surface area contributed by atoms with Gasteiger partial charge in [-0.15, -0.1) is 0 Å². The first-order valence-corrected chi connectivity index (χ1v) is 12.2. The van der Waals surface area contributed by atoms with Gasteiger partial charge < -0.3 is 0 Å². The van der Waals surface area contributed by atoms with Gasteiger partial charge in [0.1, 0.15) is 0 Å². The third-order valence-corrected chi connectivity index (χ3v) is 7.67. The van der Waals surface area contributed by atoms with Gasteiger partial charge in [-0.2, -0.15) is 0 Å². The molecule has 2 aromatic carbocycles. The minimum absolute atomic E-state index is 0.779. The van der Waals surface area contributed by atoms with Crippen LogP contribution in [0, 0.1) is 17.8 Å². The van der Waals surface area contributed by atoms with Gasteiger partial charge >= 0.3 is 0 Å². The van der Waals surface area contributed by atoms with Crippen LogP contribution in [-0.2, 0) is 0 Å². The van der Waals surface area contributed by atoms with Crippen LogP contribution in [-0.4, -0.2) is 0 Å². The highest BCUT2D eigenvalue weighted by Crippen LogP contribution is 2.43. The lowest BCUT2D eigenvalue weighted by Gasteiger charge is -2.37. The van der Waals surface area contributed by atoms with E-state index in [1.165, 1.54) is 68.1 Å². The van der Waals surface area contributed by atoms with Crippen molar-refractivity contribution >= 4 is 18.2 Å². The smallest absolute Gasteiger partial charge is 0.0162 e. The zero-order valence-electron chi connectivity index (χ0n) is 18.9. The molecular formula is C30H38. The van der Waals surface area contributed by atoms with Crippen molar-refractivity contribution in [1.82, 2.24) is 0 Å². The molecule has 0 amide bonds. The van der Waals surface area contributed by atoms with E-state index in [4.69, 9.17) is 0 Å². The Balaban J connectivity index is 1.29. The highest BCUT2D eigenvalue weighted by atomic mass is 14.4. The lowest BCUT2D eigenvalue weighted by atomic mass is 9.68. The van der Waals surface area contributed by atoms with Crippen molar-refractivity contribution in [2.75, 3.05) is 0 Å². The molecule has 2 aliphatic carbocycles. The van der Waals surface area contributed by atoms with Crippen molar-refractivity contribution in [2.24, 2.45) is 17.8 Å². The Kier molecular flexibility index (Phi) is 7.26. The molecule has 2 aromatic rings. The first-order valence-electron chi connectivity index (χ1n) is 12.2. The Bertz CT molecular complexity index is 821. The van der Waals surface area contributed by atoms with Crippen LogP contribution >= 0.6 is 0 Å². The quantitative estimate of drug-likeness (QED) is 0.441. The van der Waals surface area contributed by atoms with Crippen LogP contribution in [0.25, 0.3) is 18.2 Å². The van der Waals surface area contributed by atoms with Crippen LogP contribution < -0.4 is 0 Å². The lowest BCUT2D eigenvalue weighted by Crippen LogP contribution is -2.24. The Labute approximate surface area is 184 Å². The van der Waals surface area contributed by atoms with Crippen molar-refractivity contribution in [3.05, 3.63) is 76.9 Å². The molecule has 2 fully saturated rings. The third kappa shape index (κ3) is 5.54. The molecule has 0 N–H and O–H groups in total. The number of benzene rings is 2. The molecule has 0 heterocycles. The molecule has 0 nitrogen and oxygen atoms in total. The molecule has 4 rings (SSSR count). The van der Waals surface area contributed by atoms with Gasteiger partial charge in [-0.3, -0.25) is 0 Å². The minimum Gasteiger partial charge on any atom is -0.0871 e. The monoisotopic (exact) mass is 398 g/mol. The summed E-state index contributed by atoms with van der Waals surface area (Å²) in [6.45, 7) is 4.49. The van der Waals surface area contributed by atoms with E-state index in [0.29, 0.717) is 0 Å². The van der Waals surface area contributed by atoms with Crippen LogP contribution in [0.4, 0.5) is 0 Å². The highest BCUT2D eigenvalue weighted by Gasteiger charge is 2.30. The Morgan fingerprint density at radius 1 is 0.567 bits per heavy atom. The first-order chi connectivity index (χ1) is 14.7. The summed E-state index contributed by atoms with van der Waals surface area (Å²) in [7, 11) is 0. The first kappa shape index (κ1) is 21.2. The summed E-state index contributed by atoms with van der Waals surface area (Å²) in [5, 5.41) is 0. The van der Waals surface area contributed by atoms with Crippen LogP contribution in [0.3, 0.4) is 0 Å². The van der Waals surface area contributed by atoms with Crippen molar-refractivity contribution in [2.45, 2.75) is 71.1 Å². The van der Waals surface area contributed by atoms with Gasteiger partial charge in [0.2, 0.25) is 0 Å². The van der Waals surface area contributed by atoms with E-state index in [-0.39, 0.29) is 0 Å². The molecule has 0 spiro atoms. The Morgan fingerprint density at radius 2 is 1.00 bits per heavy atom. The zero-order chi connectivity index (χ0) is 20.8. The summed E-state index contributed by atoms with van der Waals surface area (Å²) in [4.78, 5) is 0. The summed E-state index contributed by atoms with van der Waals surface area (Å²) in [6.07, 6.45) is 20.3. The molecule has 0 bridgehead atoms. The maximum Gasteiger partial charge on any atom is -0.0162 e. The fourth-order valence-corrected chi connectivity index (χ4v) is 5.66. The predicted molar refractivity (Wildman–Crippen MR) is 132 cm³/mol. The Morgan fingerprint density at radius 3 is 1.50 bits per heavy atom. The molecule has 0 atom stereocenters. The van der Waals surface area contributed by atoms with Gasteiger partial charge in [0, 0.05) is 0 Å². The molecule has 0 saturated heterocycles. The predicted octanol–water partition coefficient (Wildman–Crippen LogP) is 8.99. The van der Waals surface area contributed by atoms with Gasteiger partial charge in [-0.25, -0.2) is 0 Å². The molecule has 2 saturated carbocycles. The van der Waals surface area contributed by atoms with E-state index in [1.54, 1.807) is 5.56 Å². The number of allylic oxidation sites excluding steroid dienone is 1. The van der Waals surface area contributed by atoms with Crippen LogP contribution in [0.15, 0.2) is 54.6 Å². The number of rotatable bonds is 5. The second kappa shape index (κ2) is 10.3. The summed E-state index contributed by atoms with van der Waals surface area (Å²) >= 11 is 0. The fourth-order valence-electron chi connectivity index (χ4n) is 5.66. The third-order valence-electron chi connectivity index (χ3n) is 7.67. The topological polar surface area (TPSA) is 0 Å². The van der Waals surface area contributed by atoms with Crippen molar-refractivity contribution in [3.63, 3.8) is 0 Å². The molecule has 0 unspecified atom stereocenters. The SMILES string of the molecule is C/C=C/c1ccc(/C=C/c2ccc(C3CCC(C4CCC(C)CC4)CC3)cc2)cc1. The second-order valence-electron chi connectivity index (χ2n) is 9.80. The van der Waals surface area contributed by atoms with Crippen LogP contribution in [0.1, 0.15) is 93.4 Å². The van der Waals surface area contributed by atoms with Gasteiger partial charge in [-0.05, 0) is 91.4 Å². The molecule has 0 aromatic heterocycles. The molecule has 0 aliphatic heterocycles. The highest BCUT2D eigenvalue weighted by molar-refractivity contribution is 5.70. The van der Waals surface area contributed by atoms with Gasteiger partial charge in [-0.1, -0.05) is 92.6 Å². The average molecular weight is 399 g/mol. The normalized spacial score (nSPS) is 27.7. The second-order valence-corrected chi connectivity index (χ2v) is 9.80. The van der Waals surface area contributed by atoms with Crippen LogP contribution in [0.2, 0.25) is 0 Å². The largest absolute Gasteiger partial charge is 0.0871 e. The number of hydrogen-bond donors (Lipinski definition) is 0. The van der Waals surface area contributed by atoms with E-state index in [0.717, 1.165) is 23.7 Å². The summed E-state index contributed by atoms with van der Waals surface area (Å²) < 4.78 is 0. The maximum atomic E-state index is 2.44. The summed E-state index contributed by atoms with van der Waals surface area (Å²) in [5.41, 5.74) is 5.36. The van der Waals surface area contributed by atoms with Gasteiger partial charge in [0.05, 0.1) is 0 Å². The summed E-state index contributed by atoms with van der Waals surface area (Å²) in [6, 6.07) is 18.1. The van der Waals surface area contributed by atoms with E-state index < -0.39 is 0 Å². The van der Waals surface area contributed by atoms with E-state index in [9.17, 15) is 0 Å². The van der Waals surface area contributed by atoms with E-state index in [2.05, 4.69) is 86.7 Å². The van der Waals surface area contributed by atoms with Gasteiger partial charge in [0.15, 0.2) is 0 Å². The molecular weight excluding hydrogens is 360 g/mol. The molecule has 0 heteroatoms. The zero-order valence-corrected chi connectivity index (χ0v) is 18.9. The van der Waals surface area contributed by atoms with E-state index in [1.807, 2.05) is 0 Å². The minimum atomic E-state index is 0.779. The molecule has 30 heavy (non-hydrogen) atoms. The Hall–Kier alpha value is -2.08. The molecule has 2 aliphatic rings. The standard InChI is InChI=1S/C30H38/c1-3-4-24-7-9-25(10-8-24)11-12-26-13-17-28(18-14-26)30-21-19-29(20-22-30)27-15-5-23(2)6-16-27/h3-4,7-14,17-18,23,27,29-30H,5-6,15-16,19-22H2,1-2H3/b4-3+,12-11+. The van der Waals surface area contributed by atoms with Crippen molar-refractivity contribution in [3.8, 4) is 0 Å². The van der Waals surface area contributed by atoms with Crippen molar-refractivity contribution in [1.29, 1.82) is 0 Å². The average Bonchev–Trinajstić information content (AvgIpc) is 2.80.